The third kappa shape index (κ3) is 3.46. The van der Waals surface area contributed by atoms with Crippen molar-refractivity contribution in [2.75, 3.05) is 11.9 Å². The van der Waals surface area contributed by atoms with Crippen LogP contribution >= 0.6 is 0 Å². The highest BCUT2D eigenvalue weighted by Gasteiger charge is 2.04. The van der Waals surface area contributed by atoms with Crippen LogP contribution in [0.3, 0.4) is 0 Å². The maximum absolute atomic E-state index is 11.3. The predicted octanol–water partition coefficient (Wildman–Crippen LogP) is 4.57. The number of hydrogen-bond acceptors (Lipinski definition) is 2. The average molecular weight is 302 g/mol. The minimum absolute atomic E-state index is 0.0115. The fourth-order valence-corrected chi connectivity index (χ4v) is 2.38. The van der Waals surface area contributed by atoms with E-state index in [2.05, 4.69) is 35.3 Å². The Morgan fingerprint density at radius 1 is 0.957 bits per heavy atom. The van der Waals surface area contributed by atoms with Gasteiger partial charge in [0.15, 0.2) is 0 Å². The van der Waals surface area contributed by atoms with E-state index in [1.165, 1.54) is 10.8 Å². The average Bonchev–Trinajstić information content (AvgIpc) is 2.59. The van der Waals surface area contributed by atoms with Crippen LogP contribution in [-0.2, 0) is 4.79 Å². The number of carbonyl (C=O) groups excluding carboxylic acids is 1. The van der Waals surface area contributed by atoms with Gasteiger partial charge in [-0.05, 0) is 46.7 Å². The topological polar surface area (TPSA) is 32.7 Å². The summed E-state index contributed by atoms with van der Waals surface area (Å²) in [6, 6.07) is 22.2. The fourth-order valence-electron chi connectivity index (χ4n) is 2.38. The SMILES string of the molecule is CC(=O)N(C)c1ccc(N=Cc2ccc3ccccc3c2)cc1. The van der Waals surface area contributed by atoms with Crippen LogP contribution in [0, 0.1) is 0 Å². The van der Waals surface area contributed by atoms with Crippen molar-refractivity contribution in [3.8, 4) is 0 Å². The summed E-state index contributed by atoms with van der Waals surface area (Å²) in [6.07, 6.45) is 1.86. The lowest BCUT2D eigenvalue weighted by Gasteiger charge is -2.14. The smallest absolute Gasteiger partial charge is 0.223 e. The molecule has 0 N–H and O–H groups in total. The van der Waals surface area contributed by atoms with E-state index in [-0.39, 0.29) is 5.91 Å². The molecule has 0 spiro atoms. The summed E-state index contributed by atoms with van der Waals surface area (Å²) in [5, 5.41) is 2.43. The minimum atomic E-state index is 0.0115. The Kier molecular flexibility index (Phi) is 4.20. The number of amides is 1. The van der Waals surface area contributed by atoms with Gasteiger partial charge in [-0.2, -0.15) is 0 Å². The van der Waals surface area contributed by atoms with Gasteiger partial charge in [-0.3, -0.25) is 9.79 Å². The Morgan fingerprint density at radius 2 is 1.65 bits per heavy atom. The van der Waals surface area contributed by atoms with Gasteiger partial charge >= 0.3 is 0 Å². The Labute approximate surface area is 135 Å². The van der Waals surface area contributed by atoms with Gasteiger partial charge in [-0.15, -0.1) is 0 Å². The minimum Gasteiger partial charge on any atom is -0.316 e. The Bertz CT molecular complexity index is 866. The summed E-state index contributed by atoms with van der Waals surface area (Å²) in [5.74, 6) is 0.0115. The van der Waals surface area contributed by atoms with Crippen molar-refractivity contribution in [3.05, 3.63) is 72.3 Å². The molecular formula is C20H18N2O. The number of carbonyl (C=O) groups is 1. The molecule has 0 aliphatic carbocycles. The van der Waals surface area contributed by atoms with Crippen molar-refractivity contribution >= 4 is 34.3 Å². The van der Waals surface area contributed by atoms with Gasteiger partial charge in [-0.1, -0.05) is 36.4 Å². The van der Waals surface area contributed by atoms with Gasteiger partial charge in [0.2, 0.25) is 5.91 Å². The highest BCUT2D eigenvalue weighted by Crippen LogP contribution is 2.20. The molecule has 0 unspecified atom stereocenters. The summed E-state index contributed by atoms with van der Waals surface area (Å²) >= 11 is 0. The lowest BCUT2D eigenvalue weighted by atomic mass is 10.1. The molecule has 0 saturated heterocycles. The summed E-state index contributed by atoms with van der Waals surface area (Å²) < 4.78 is 0. The maximum Gasteiger partial charge on any atom is 0.223 e. The zero-order valence-electron chi connectivity index (χ0n) is 13.2. The second kappa shape index (κ2) is 6.44. The van der Waals surface area contributed by atoms with Crippen molar-refractivity contribution in [2.24, 2.45) is 4.99 Å². The largest absolute Gasteiger partial charge is 0.316 e. The number of nitrogens with zero attached hydrogens (tertiary/aromatic N) is 2. The summed E-state index contributed by atoms with van der Waals surface area (Å²) in [4.78, 5) is 17.5. The van der Waals surface area contributed by atoms with Crippen molar-refractivity contribution in [2.45, 2.75) is 6.92 Å². The van der Waals surface area contributed by atoms with Crippen LogP contribution in [0.1, 0.15) is 12.5 Å². The van der Waals surface area contributed by atoms with Gasteiger partial charge in [0.1, 0.15) is 0 Å². The van der Waals surface area contributed by atoms with E-state index in [9.17, 15) is 4.79 Å². The van der Waals surface area contributed by atoms with Gasteiger partial charge in [0, 0.05) is 25.9 Å². The predicted molar refractivity (Wildman–Crippen MR) is 96.7 cm³/mol. The lowest BCUT2D eigenvalue weighted by Crippen LogP contribution is -2.22. The molecule has 3 rings (SSSR count). The zero-order valence-corrected chi connectivity index (χ0v) is 13.2. The van der Waals surface area contributed by atoms with Crippen molar-refractivity contribution in [3.63, 3.8) is 0 Å². The van der Waals surface area contributed by atoms with Crippen molar-refractivity contribution in [1.29, 1.82) is 0 Å². The second-order valence-corrected chi connectivity index (χ2v) is 5.46. The standard InChI is InChI=1S/C20H18N2O/c1-15(23)22(2)20-11-9-19(10-12-20)21-14-16-7-8-17-5-3-4-6-18(17)13-16/h3-14H,1-2H3. The molecule has 3 aromatic carbocycles. The molecule has 0 bridgehead atoms. The molecule has 0 atom stereocenters. The van der Waals surface area contributed by atoms with Crippen LogP contribution in [0.2, 0.25) is 0 Å². The van der Waals surface area contributed by atoms with Crippen LogP contribution in [0.15, 0.2) is 71.7 Å². The Balaban J connectivity index is 1.79. The molecule has 1 amide bonds. The molecule has 0 heterocycles. The van der Waals surface area contributed by atoms with Crippen LogP contribution < -0.4 is 4.90 Å². The third-order valence-electron chi connectivity index (χ3n) is 3.85. The first-order valence-electron chi connectivity index (χ1n) is 7.51. The van der Waals surface area contributed by atoms with E-state index in [1.54, 1.807) is 18.9 Å². The highest BCUT2D eigenvalue weighted by atomic mass is 16.2. The first kappa shape index (κ1) is 15.0. The number of hydrogen-bond donors (Lipinski definition) is 0. The van der Waals surface area contributed by atoms with E-state index in [1.807, 2.05) is 42.6 Å². The van der Waals surface area contributed by atoms with E-state index < -0.39 is 0 Å². The lowest BCUT2D eigenvalue weighted by molar-refractivity contribution is -0.116. The van der Waals surface area contributed by atoms with E-state index >= 15 is 0 Å². The number of rotatable bonds is 3. The van der Waals surface area contributed by atoms with Crippen LogP contribution in [0.4, 0.5) is 11.4 Å². The molecule has 0 fully saturated rings. The van der Waals surface area contributed by atoms with E-state index in [4.69, 9.17) is 0 Å². The number of aliphatic imine (C=N–C) groups is 1. The van der Waals surface area contributed by atoms with Gasteiger partial charge in [-0.25, -0.2) is 0 Å². The molecular weight excluding hydrogens is 284 g/mol. The van der Waals surface area contributed by atoms with Crippen molar-refractivity contribution in [1.82, 2.24) is 0 Å². The number of anilines is 1. The molecule has 23 heavy (non-hydrogen) atoms. The molecule has 0 aromatic heterocycles. The molecule has 0 aliphatic rings. The number of benzene rings is 3. The fraction of sp³-hybridized carbons (Fsp3) is 0.100. The molecule has 3 heteroatoms. The normalized spacial score (nSPS) is 11.0. The summed E-state index contributed by atoms with van der Waals surface area (Å²) in [5.41, 5.74) is 2.79. The molecule has 3 nitrogen and oxygen atoms in total. The number of fused-ring (bicyclic) bond motifs is 1. The van der Waals surface area contributed by atoms with E-state index in [0.29, 0.717) is 0 Å². The first-order chi connectivity index (χ1) is 11.1. The second-order valence-electron chi connectivity index (χ2n) is 5.46. The maximum atomic E-state index is 11.3. The molecule has 0 radical (unpaired) electrons. The highest BCUT2D eigenvalue weighted by molar-refractivity contribution is 5.92. The molecule has 3 aromatic rings. The monoisotopic (exact) mass is 302 g/mol. The third-order valence-corrected chi connectivity index (χ3v) is 3.85. The van der Waals surface area contributed by atoms with Crippen LogP contribution in [-0.4, -0.2) is 19.2 Å². The molecule has 114 valence electrons. The Morgan fingerprint density at radius 3 is 2.35 bits per heavy atom. The molecule has 0 aliphatic heterocycles. The van der Waals surface area contributed by atoms with Crippen LogP contribution in [0.25, 0.3) is 10.8 Å². The van der Waals surface area contributed by atoms with Gasteiger partial charge in [0.05, 0.1) is 5.69 Å². The Hall–Kier alpha value is -2.94. The summed E-state index contributed by atoms with van der Waals surface area (Å²) in [7, 11) is 1.76. The van der Waals surface area contributed by atoms with Crippen LogP contribution in [0.5, 0.6) is 0 Å². The van der Waals surface area contributed by atoms with E-state index in [0.717, 1.165) is 16.9 Å². The zero-order chi connectivity index (χ0) is 16.2. The van der Waals surface area contributed by atoms with Gasteiger partial charge < -0.3 is 4.90 Å². The molecule has 0 saturated carbocycles. The van der Waals surface area contributed by atoms with Crippen molar-refractivity contribution < 1.29 is 4.79 Å². The quantitative estimate of drug-likeness (QED) is 0.652. The first-order valence-corrected chi connectivity index (χ1v) is 7.51. The van der Waals surface area contributed by atoms with Gasteiger partial charge in [0.25, 0.3) is 0 Å². The summed E-state index contributed by atoms with van der Waals surface area (Å²) in [6.45, 7) is 1.55.